The Balaban J connectivity index is 2.04. The van der Waals surface area contributed by atoms with Gasteiger partial charge in [0, 0.05) is 11.3 Å². The van der Waals surface area contributed by atoms with Crippen LogP contribution in [0.25, 0.3) is 0 Å². The molecule has 0 spiro atoms. The van der Waals surface area contributed by atoms with Gasteiger partial charge in [0.15, 0.2) is 0 Å². The summed E-state index contributed by atoms with van der Waals surface area (Å²) >= 11 is 0. The summed E-state index contributed by atoms with van der Waals surface area (Å²) < 4.78 is 11.1. The van der Waals surface area contributed by atoms with Gasteiger partial charge in [-0.1, -0.05) is 25.1 Å². The molecule has 1 N–H and O–H groups in total. The number of para-hydroxylation sites is 1. The molecule has 1 heterocycles. The Bertz CT molecular complexity index is 696. The van der Waals surface area contributed by atoms with E-state index in [9.17, 15) is 4.79 Å². The van der Waals surface area contributed by atoms with Crippen molar-refractivity contribution < 1.29 is 14.3 Å². The van der Waals surface area contributed by atoms with E-state index < -0.39 is 0 Å². The van der Waals surface area contributed by atoms with Gasteiger partial charge in [-0.05, 0) is 36.2 Å². The average Bonchev–Trinajstić information content (AvgIpc) is 2.88. The lowest BCUT2D eigenvalue weighted by Gasteiger charge is -2.15. The molecule has 0 fully saturated rings. The lowest BCUT2D eigenvalue weighted by molar-refractivity contribution is -0.116. The van der Waals surface area contributed by atoms with Crippen molar-refractivity contribution in [3.8, 4) is 11.5 Å². The third-order valence-electron chi connectivity index (χ3n) is 3.78. The maximum atomic E-state index is 12.4. The Labute approximate surface area is 130 Å². The monoisotopic (exact) mass is 297 g/mol. The zero-order valence-electron chi connectivity index (χ0n) is 12.8. The number of amides is 1. The number of rotatable bonds is 5. The molecule has 22 heavy (non-hydrogen) atoms. The molecule has 0 bridgehead atoms. The topological polar surface area (TPSA) is 47.6 Å². The molecule has 0 aliphatic carbocycles. The van der Waals surface area contributed by atoms with Gasteiger partial charge in [-0.15, -0.1) is 0 Å². The van der Waals surface area contributed by atoms with Crippen molar-refractivity contribution in [3.63, 3.8) is 0 Å². The highest BCUT2D eigenvalue weighted by atomic mass is 16.5. The summed E-state index contributed by atoms with van der Waals surface area (Å²) in [4.78, 5) is 12.4. The lowest BCUT2D eigenvalue weighted by atomic mass is 9.91. The molecule has 2 aromatic rings. The van der Waals surface area contributed by atoms with Gasteiger partial charge in [0.25, 0.3) is 0 Å². The van der Waals surface area contributed by atoms with E-state index in [1.807, 2.05) is 42.5 Å². The van der Waals surface area contributed by atoms with Crippen molar-refractivity contribution in [2.24, 2.45) is 0 Å². The Morgan fingerprint density at radius 3 is 2.73 bits per heavy atom. The van der Waals surface area contributed by atoms with Gasteiger partial charge < -0.3 is 14.8 Å². The highest BCUT2D eigenvalue weighted by Gasteiger charge is 2.34. The zero-order chi connectivity index (χ0) is 15.5. The lowest BCUT2D eigenvalue weighted by Crippen LogP contribution is -2.14. The minimum Gasteiger partial charge on any atom is -0.497 e. The van der Waals surface area contributed by atoms with Crippen LogP contribution in [-0.2, 0) is 4.79 Å². The first-order valence-corrected chi connectivity index (χ1v) is 7.45. The zero-order valence-corrected chi connectivity index (χ0v) is 12.8. The van der Waals surface area contributed by atoms with E-state index in [4.69, 9.17) is 9.47 Å². The maximum absolute atomic E-state index is 12.4. The standard InChI is InChI=1S/C18H19NO3/c1-3-10-22-16-7-5-4-6-13(16)17-14-11-12(21-2)8-9-15(14)19-18(17)20/h4-9,11,17H,3,10H2,1-2H3,(H,19,20). The summed E-state index contributed by atoms with van der Waals surface area (Å²) in [7, 11) is 1.62. The first-order valence-electron chi connectivity index (χ1n) is 7.45. The average molecular weight is 297 g/mol. The molecule has 1 unspecified atom stereocenters. The SMILES string of the molecule is CCCOc1ccccc1C1C(=O)Nc2ccc(OC)cc21. The normalized spacial score (nSPS) is 16.1. The van der Waals surface area contributed by atoms with E-state index in [1.54, 1.807) is 7.11 Å². The fraction of sp³-hybridized carbons (Fsp3) is 0.278. The molecule has 3 rings (SSSR count). The number of ether oxygens (including phenoxy) is 2. The number of carbonyl (C=O) groups excluding carboxylic acids is 1. The Kier molecular flexibility index (Phi) is 4.00. The summed E-state index contributed by atoms with van der Waals surface area (Å²) in [5.41, 5.74) is 2.65. The first kappa shape index (κ1) is 14.4. The molecule has 4 nitrogen and oxygen atoms in total. The first-order chi connectivity index (χ1) is 10.7. The molecule has 1 amide bonds. The number of fused-ring (bicyclic) bond motifs is 1. The van der Waals surface area contributed by atoms with E-state index in [-0.39, 0.29) is 11.8 Å². The highest BCUT2D eigenvalue weighted by molar-refractivity contribution is 6.05. The van der Waals surface area contributed by atoms with Crippen molar-refractivity contribution in [1.29, 1.82) is 0 Å². The number of hydrogen-bond acceptors (Lipinski definition) is 3. The van der Waals surface area contributed by atoms with E-state index in [2.05, 4.69) is 12.2 Å². The number of nitrogens with one attached hydrogen (secondary N) is 1. The van der Waals surface area contributed by atoms with Crippen LogP contribution in [0.15, 0.2) is 42.5 Å². The van der Waals surface area contributed by atoms with E-state index >= 15 is 0 Å². The number of anilines is 1. The van der Waals surface area contributed by atoms with Gasteiger partial charge in [0.2, 0.25) is 5.91 Å². The summed E-state index contributed by atoms with van der Waals surface area (Å²) in [6.07, 6.45) is 0.926. The van der Waals surface area contributed by atoms with Gasteiger partial charge >= 0.3 is 0 Å². The Morgan fingerprint density at radius 1 is 1.14 bits per heavy atom. The quantitative estimate of drug-likeness (QED) is 0.917. The van der Waals surface area contributed by atoms with Crippen LogP contribution in [0.4, 0.5) is 5.69 Å². The van der Waals surface area contributed by atoms with Crippen LogP contribution in [-0.4, -0.2) is 19.6 Å². The van der Waals surface area contributed by atoms with Gasteiger partial charge in [-0.3, -0.25) is 4.79 Å². The van der Waals surface area contributed by atoms with E-state index in [1.165, 1.54) is 0 Å². The van der Waals surface area contributed by atoms with Crippen LogP contribution in [0, 0.1) is 0 Å². The third-order valence-corrected chi connectivity index (χ3v) is 3.78. The summed E-state index contributed by atoms with van der Waals surface area (Å²) in [5, 5.41) is 2.93. The van der Waals surface area contributed by atoms with Crippen molar-refractivity contribution in [2.45, 2.75) is 19.3 Å². The van der Waals surface area contributed by atoms with Crippen LogP contribution >= 0.6 is 0 Å². The van der Waals surface area contributed by atoms with Gasteiger partial charge in [0.1, 0.15) is 11.5 Å². The molecular formula is C18H19NO3. The third kappa shape index (κ3) is 2.52. The van der Waals surface area contributed by atoms with Crippen LogP contribution in [0.5, 0.6) is 11.5 Å². The van der Waals surface area contributed by atoms with Crippen molar-refractivity contribution in [2.75, 3.05) is 19.0 Å². The molecule has 0 aromatic heterocycles. The summed E-state index contributed by atoms with van der Waals surface area (Å²) in [6, 6.07) is 13.4. The second-order valence-corrected chi connectivity index (χ2v) is 5.26. The van der Waals surface area contributed by atoms with Crippen LogP contribution in [0.3, 0.4) is 0 Å². The van der Waals surface area contributed by atoms with E-state index in [0.29, 0.717) is 6.61 Å². The second-order valence-electron chi connectivity index (χ2n) is 5.26. The molecule has 0 saturated carbocycles. The van der Waals surface area contributed by atoms with Crippen LogP contribution in [0.2, 0.25) is 0 Å². The Hall–Kier alpha value is -2.49. The number of methoxy groups -OCH3 is 1. The van der Waals surface area contributed by atoms with Crippen LogP contribution < -0.4 is 14.8 Å². The van der Waals surface area contributed by atoms with Crippen LogP contribution in [0.1, 0.15) is 30.4 Å². The fourth-order valence-electron chi connectivity index (χ4n) is 2.74. The van der Waals surface area contributed by atoms with E-state index in [0.717, 1.165) is 34.7 Å². The summed E-state index contributed by atoms with van der Waals surface area (Å²) in [6.45, 7) is 2.70. The highest BCUT2D eigenvalue weighted by Crippen LogP contribution is 2.42. The molecule has 1 atom stereocenters. The predicted molar refractivity (Wildman–Crippen MR) is 85.7 cm³/mol. The smallest absolute Gasteiger partial charge is 0.236 e. The summed E-state index contributed by atoms with van der Waals surface area (Å²) in [5.74, 6) is 1.11. The van der Waals surface area contributed by atoms with Crippen molar-refractivity contribution in [1.82, 2.24) is 0 Å². The maximum Gasteiger partial charge on any atom is 0.236 e. The molecule has 0 radical (unpaired) electrons. The molecule has 114 valence electrons. The molecule has 1 aliphatic rings. The predicted octanol–water partition coefficient (Wildman–Crippen LogP) is 3.57. The molecule has 1 aliphatic heterocycles. The van der Waals surface area contributed by atoms with Gasteiger partial charge in [-0.2, -0.15) is 0 Å². The molecular weight excluding hydrogens is 278 g/mol. The minimum absolute atomic E-state index is 0.0317. The molecule has 2 aromatic carbocycles. The van der Waals surface area contributed by atoms with Gasteiger partial charge in [-0.25, -0.2) is 0 Å². The molecule has 0 saturated heterocycles. The fourth-order valence-corrected chi connectivity index (χ4v) is 2.74. The van der Waals surface area contributed by atoms with Crippen molar-refractivity contribution >= 4 is 11.6 Å². The van der Waals surface area contributed by atoms with Gasteiger partial charge in [0.05, 0.1) is 19.6 Å². The van der Waals surface area contributed by atoms with Crippen molar-refractivity contribution in [3.05, 3.63) is 53.6 Å². The number of carbonyl (C=O) groups is 1. The number of hydrogen-bond donors (Lipinski definition) is 1. The second kappa shape index (κ2) is 6.10. The largest absolute Gasteiger partial charge is 0.497 e. The minimum atomic E-state index is -0.363. The Morgan fingerprint density at radius 2 is 1.95 bits per heavy atom. The number of benzene rings is 2. The molecule has 4 heteroatoms.